The average molecular weight is 587 g/mol. The van der Waals surface area contributed by atoms with Crippen molar-refractivity contribution in [2.45, 2.75) is 104 Å². The van der Waals surface area contributed by atoms with Gasteiger partial charge in [0.15, 0.2) is 0 Å². The van der Waals surface area contributed by atoms with Gasteiger partial charge in [-0.05, 0) is 73.1 Å². The number of aromatic carboxylic acids is 2. The Hall–Kier alpha value is -3.93. The minimum atomic E-state index is -1.22. The number of hydrogen-bond acceptors (Lipinski definition) is 4. The molecule has 230 valence electrons. The van der Waals surface area contributed by atoms with Crippen LogP contribution in [-0.4, -0.2) is 34.2 Å². The molecule has 6 nitrogen and oxygen atoms in total. The maximum Gasteiger partial charge on any atom is 0.338 e. The van der Waals surface area contributed by atoms with Gasteiger partial charge in [-0.25, -0.2) is 14.4 Å². The third-order valence-electron chi connectivity index (χ3n) is 7.92. The Morgan fingerprint density at radius 3 is 1.86 bits per heavy atom. The van der Waals surface area contributed by atoms with Gasteiger partial charge in [-0.3, -0.25) is 0 Å². The van der Waals surface area contributed by atoms with E-state index in [2.05, 4.69) is 13.8 Å². The van der Waals surface area contributed by atoms with Gasteiger partial charge in [0.1, 0.15) is 0 Å². The van der Waals surface area contributed by atoms with E-state index in [1.165, 1.54) is 43.7 Å². The summed E-state index contributed by atoms with van der Waals surface area (Å²) in [4.78, 5) is 37.6. The summed E-state index contributed by atoms with van der Waals surface area (Å²) >= 11 is 0. The van der Waals surface area contributed by atoms with Gasteiger partial charge in [-0.15, -0.1) is 0 Å². The first kappa shape index (κ1) is 33.6. The Labute approximate surface area is 256 Å². The highest BCUT2D eigenvalue weighted by Gasteiger charge is 2.25. The lowest BCUT2D eigenvalue weighted by atomic mass is 9.87. The number of hydrogen-bond donors (Lipinski definition) is 2. The van der Waals surface area contributed by atoms with E-state index >= 15 is 0 Å². The van der Waals surface area contributed by atoms with Crippen LogP contribution in [-0.2, 0) is 11.2 Å². The number of ether oxygens (including phenoxy) is 1. The first-order valence-corrected chi connectivity index (χ1v) is 15.8. The molecule has 0 amide bonds. The van der Waals surface area contributed by atoms with E-state index in [0.29, 0.717) is 22.3 Å². The molecule has 0 aliphatic carbocycles. The molecule has 0 saturated carbocycles. The van der Waals surface area contributed by atoms with Crippen LogP contribution in [0, 0.1) is 0 Å². The third-order valence-corrected chi connectivity index (χ3v) is 7.92. The fourth-order valence-electron chi connectivity index (χ4n) is 5.45. The quantitative estimate of drug-likeness (QED) is 0.114. The Kier molecular flexibility index (Phi) is 13.5. The second-order valence-corrected chi connectivity index (χ2v) is 11.4. The minimum Gasteiger partial charge on any atom is -0.478 e. The van der Waals surface area contributed by atoms with Crippen molar-refractivity contribution in [3.05, 3.63) is 82.9 Å². The van der Waals surface area contributed by atoms with Gasteiger partial charge in [0.25, 0.3) is 0 Å². The molecule has 0 spiro atoms. The summed E-state index contributed by atoms with van der Waals surface area (Å²) in [6.07, 6.45) is 13.3. The zero-order valence-electron chi connectivity index (χ0n) is 25.9. The summed E-state index contributed by atoms with van der Waals surface area (Å²) in [5.41, 5.74) is 2.98. The van der Waals surface area contributed by atoms with Crippen molar-refractivity contribution in [1.82, 2.24) is 0 Å². The molecule has 43 heavy (non-hydrogen) atoms. The first-order chi connectivity index (χ1) is 20.8. The highest BCUT2D eigenvalue weighted by Crippen LogP contribution is 2.36. The molecule has 3 rings (SSSR count). The molecular weight excluding hydrogens is 540 g/mol. The van der Waals surface area contributed by atoms with E-state index in [1.54, 1.807) is 30.3 Å². The number of carbonyl (C=O) groups is 3. The molecule has 0 aromatic heterocycles. The normalized spacial score (nSPS) is 11.7. The molecular formula is C37H46O6. The lowest BCUT2D eigenvalue weighted by Crippen LogP contribution is -2.15. The number of esters is 1. The topological polar surface area (TPSA) is 101 Å². The average Bonchev–Trinajstić information content (AvgIpc) is 3.00. The monoisotopic (exact) mass is 586 g/mol. The standard InChI is InChI=1S/C37H46O6/c1-4-6-8-10-11-13-15-27-16-18-28(19-17-27)31-24-25-32(35(38)39)33(34(31)36(40)41)29-20-22-30(23-21-29)37(42)43-26(3)14-12-9-7-5-2/h16-26H,4-15H2,1-3H3,(H,38,39)(H,40,41). The van der Waals surface area contributed by atoms with Crippen LogP contribution in [0.4, 0.5) is 0 Å². The largest absolute Gasteiger partial charge is 0.478 e. The summed E-state index contributed by atoms with van der Waals surface area (Å²) in [6.45, 7) is 6.24. The minimum absolute atomic E-state index is 0.0837. The van der Waals surface area contributed by atoms with Crippen LogP contribution in [0.5, 0.6) is 0 Å². The molecule has 0 radical (unpaired) electrons. The van der Waals surface area contributed by atoms with Gasteiger partial charge in [-0.2, -0.15) is 0 Å². The molecule has 0 bridgehead atoms. The number of unbranched alkanes of at least 4 members (excludes halogenated alkanes) is 8. The summed E-state index contributed by atoms with van der Waals surface area (Å²) in [5, 5.41) is 20.3. The zero-order chi connectivity index (χ0) is 31.2. The molecule has 3 aromatic carbocycles. The van der Waals surface area contributed by atoms with Crippen LogP contribution in [0.3, 0.4) is 0 Å². The summed E-state index contributed by atoms with van der Waals surface area (Å²) < 4.78 is 5.59. The number of rotatable bonds is 18. The van der Waals surface area contributed by atoms with E-state index in [1.807, 2.05) is 31.2 Å². The van der Waals surface area contributed by atoms with Crippen molar-refractivity contribution < 1.29 is 29.3 Å². The van der Waals surface area contributed by atoms with Gasteiger partial charge < -0.3 is 14.9 Å². The number of carbonyl (C=O) groups excluding carboxylic acids is 1. The second-order valence-electron chi connectivity index (χ2n) is 11.4. The van der Waals surface area contributed by atoms with Crippen molar-refractivity contribution >= 4 is 17.9 Å². The Morgan fingerprint density at radius 2 is 1.26 bits per heavy atom. The molecule has 0 aliphatic rings. The van der Waals surface area contributed by atoms with Crippen LogP contribution < -0.4 is 0 Å². The van der Waals surface area contributed by atoms with E-state index in [9.17, 15) is 24.6 Å². The smallest absolute Gasteiger partial charge is 0.338 e. The number of carboxylic acids is 2. The maximum absolute atomic E-state index is 12.7. The van der Waals surface area contributed by atoms with Crippen molar-refractivity contribution in [3.8, 4) is 22.3 Å². The molecule has 0 saturated heterocycles. The molecule has 3 aromatic rings. The highest BCUT2D eigenvalue weighted by atomic mass is 16.5. The summed E-state index contributed by atoms with van der Waals surface area (Å²) in [5.74, 6) is -2.90. The number of benzene rings is 3. The molecule has 0 heterocycles. The molecule has 0 aliphatic heterocycles. The van der Waals surface area contributed by atoms with Crippen LogP contribution in [0.1, 0.15) is 128 Å². The van der Waals surface area contributed by atoms with Crippen molar-refractivity contribution in [1.29, 1.82) is 0 Å². The fraction of sp³-hybridized carbons (Fsp3) is 0.432. The van der Waals surface area contributed by atoms with Crippen LogP contribution in [0.15, 0.2) is 60.7 Å². The van der Waals surface area contributed by atoms with Gasteiger partial charge in [-0.1, -0.05) is 108 Å². The van der Waals surface area contributed by atoms with Gasteiger partial charge >= 0.3 is 17.9 Å². The van der Waals surface area contributed by atoms with E-state index in [4.69, 9.17) is 4.74 Å². The van der Waals surface area contributed by atoms with Gasteiger partial charge in [0.2, 0.25) is 0 Å². The zero-order valence-corrected chi connectivity index (χ0v) is 25.9. The third kappa shape index (κ3) is 9.81. The Morgan fingerprint density at radius 1 is 0.674 bits per heavy atom. The van der Waals surface area contributed by atoms with Gasteiger partial charge in [0.05, 0.1) is 22.8 Å². The lowest BCUT2D eigenvalue weighted by Gasteiger charge is -2.16. The molecule has 0 fully saturated rings. The lowest BCUT2D eigenvalue weighted by molar-refractivity contribution is 0.0319. The highest BCUT2D eigenvalue weighted by molar-refractivity contribution is 6.09. The molecule has 1 atom stereocenters. The molecule has 1 unspecified atom stereocenters. The van der Waals surface area contributed by atoms with Crippen LogP contribution in [0.2, 0.25) is 0 Å². The fourth-order valence-corrected chi connectivity index (χ4v) is 5.45. The van der Waals surface area contributed by atoms with Crippen LogP contribution in [0.25, 0.3) is 22.3 Å². The van der Waals surface area contributed by atoms with Gasteiger partial charge in [0, 0.05) is 5.56 Å². The SMILES string of the molecule is CCCCCCCCc1ccc(-c2ccc(C(=O)O)c(-c3ccc(C(=O)OC(C)CCCCCC)cc3)c2C(=O)O)cc1. The van der Waals surface area contributed by atoms with Crippen molar-refractivity contribution in [2.24, 2.45) is 0 Å². The first-order valence-electron chi connectivity index (χ1n) is 15.8. The summed E-state index contributed by atoms with van der Waals surface area (Å²) in [7, 11) is 0. The summed E-state index contributed by atoms with van der Waals surface area (Å²) in [6, 6.07) is 17.1. The predicted octanol–water partition coefficient (Wildman–Crippen LogP) is 9.84. The molecule has 2 N–H and O–H groups in total. The van der Waals surface area contributed by atoms with Crippen LogP contribution >= 0.6 is 0 Å². The second kappa shape index (κ2) is 17.3. The molecule has 6 heteroatoms. The Balaban J connectivity index is 1.84. The van der Waals surface area contributed by atoms with E-state index in [-0.39, 0.29) is 22.8 Å². The predicted molar refractivity (Wildman–Crippen MR) is 172 cm³/mol. The van der Waals surface area contributed by atoms with E-state index < -0.39 is 17.9 Å². The number of aryl methyl sites for hydroxylation is 1. The Bertz CT molecular complexity index is 1340. The van der Waals surface area contributed by atoms with Crippen molar-refractivity contribution in [2.75, 3.05) is 0 Å². The van der Waals surface area contributed by atoms with Crippen molar-refractivity contribution in [3.63, 3.8) is 0 Å². The maximum atomic E-state index is 12.7. The number of carboxylic acid groups (broad SMARTS) is 2. The van der Waals surface area contributed by atoms with E-state index in [0.717, 1.165) is 44.9 Å².